The predicted octanol–water partition coefficient (Wildman–Crippen LogP) is 6.35. The molecule has 5 rings (SSSR count). The Morgan fingerprint density at radius 3 is 2.28 bits per heavy atom. The first-order valence-corrected chi connectivity index (χ1v) is 12.0. The van der Waals surface area contributed by atoms with Crippen molar-refractivity contribution in [3.63, 3.8) is 0 Å². The molecular formula is C28H27F2N3O3. The van der Waals surface area contributed by atoms with Crippen LogP contribution in [-0.4, -0.2) is 36.7 Å². The molecule has 0 unspecified atom stereocenters. The predicted molar refractivity (Wildman–Crippen MR) is 133 cm³/mol. The zero-order valence-corrected chi connectivity index (χ0v) is 19.7. The van der Waals surface area contributed by atoms with Gasteiger partial charge >= 0.3 is 12.1 Å². The summed E-state index contributed by atoms with van der Waals surface area (Å²) < 4.78 is 31.2. The third-order valence-corrected chi connectivity index (χ3v) is 7.07. The van der Waals surface area contributed by atoms with Crippen LogP contribution in [-0.2, 0) is 16.8 Å². The number of likely N-dealkylation sites (tertiary alicyclic amines) is 1. The maximum absolute atomic E-state index is 13.2. The van der Waals surface area contributed by atoms with Gasteiger partial charge in [-0.25, -0.2) is 18.4 Å². The van der Waals surface area contributed by atoms with E-state index >= 15 is 0 Å². The van der Waals surface area contributed by atoms with Crippen molar-refractivity contribution in [2.75, 3.05) is 29.9 Å². The smallest absolute Gasteiger partial charge is 0.410 e. The SMILES string of the molecule is O=C(OCc1ccccc1)N1CCC2(CC1)CN(C(=O)Nc1ccc(C(F)F)cc1)c1ccccc12. The number of urea groups is 1. The maximum atomic E-state index is 13.2. The van der Waals surface area contributed by atoms with Gasteiger partial charge in [0.25, 0.3) is 6.43 Å². The molecule has 3 amide bonds. The Morgan fingerprint density at radius 2 is 1.58 bits per heavy atom. The van der Waals surface area contributed by atoms with Crippen LogP contribution in [0.25, 0.3) is 0 Å². The molecule has 186 valence electrons. The summed E-state index contributed by atoms with van der Waals surface area (Å²) in [6.07, 6.45) is -1.47. The van der Waals surface area contributed by atoms with Crippen LogP contribution in [0.15, 0.2) is 78.9 Å². The van der Waals surface area contributed by atoms with Gasteiger partial charge in [-0.15, -0.1) is 0 Å². The number of amides is 3. The van der Waals surface area contributed by atoms with E-state index in [9.17, 15) is 18.4 Å². The fourth-order valence-corrected chi connectivity index (χ4v) is 5.07. The first kappa shape index (κ1) is 23.8. The minimum atomic E-state index is -2.55. The van der Waals surface area contributed by atoms with Gasteiger partial charge < -0.3 is 15.0 Å². The number of carbonyl (C=O) groups is 2. The van der Waals surface area contributed by atoms with Crippen molar-refractivity contribution in [3.8, 4) is 0 Å². The fraction of sp³-hybridized carbons (Fsp3) is 0.286. The number of nitrogens with zero attached hydrogens (tertiary/aromatic N) is 2. The van der Waals surface area contributed by atoms with E-state index in [2.05, 4.69) is 5.32 Å². The molecule has 3 aromatic rings. The zero-order valence-electron chi connectivity index (χ0n) is 19.7. The van der Waals surface area contributed by atoms with Gasteiger partial charge in [-0.1, -0.05) is 60.7 Å². The normalized spacial score (nSPS) is 16.2. The molecule has 36 heavy (non-hydrogen) atoms. The van der Waals surface area contributed by atoms with E-state index in [4.69, 9.17) is 4.74 Å². The van der Waals surface area contributed by atoms with Gasteiger partial charge in [0.15, 0.2) is 0 Å². The molecule has 0 radical (unpaired) electrons. The van der Waals surface area contributed by atoms with Gasteiger partial charge in [0.2, 0.25) is 0 Å². The lowest BCUT2D eigenvalue weighted by Gasteiger charge is -2.39. The van der Waals surface area contributed by atoms with Gasteiger partial charge in [-0.05, 0) is 42.2 Å². The highest BCUT2D eigenvalue weighted by molar-refractivity contribution is 6.03. The first-order valence-electron chi connectivity index (χ1n) is 12.0. The lowest BCUT2D eigenvalue weighted by Crippen LogP contribution is -2.48. The summed E-state index contributed by atoms with van der Waals surface area (Å²) in [7, 11) is 0. The number of nitrogens with one attached hydrogen (secondary N) is 1. The zero-order chi connectivity index (χ0) is 25.1. The third kappa shape index (κ3) is 4.76. The molecule has 1 fully saturated rings. The molecule has 1 saturated heterocycles. The Morgan fingerprint density at radius 1 is 0.917 bits per heavy atom. The van der Waals surface area contributed by atoms with Gasteiger partial charge in [0.05, 0.1) is 0 Å². The molecule has 2 heterocycles. The molecule has 0 atom stereocenters. The Bertz CT molecular complexity index is 1230. The van der Waals surface area contributed by atoms with Crippen LogP contribution in [0.1, 0.15) is 36.0 Å². The summed E-state index contributed by atoms with van der Waals surface area (Å²) in [5, 5.41) is 2.83. The molecule has 0 aromatic heterocycles. The lowest BCUT2D eigenvalue weighted by atomic mass is 9.74. The first-order chi connectivity index (χ1) is 17.4. The van der Waals surface area contributed by atoms with Crippen molar-refractivity contribution in [2.45, 2.75) is 31.3 Å². The highest BCUT2D eigenvalue weighted by atomic mass is 19.3. The van der Waals surface area contributed by atoms with Crippen LogP contribution >= 0.6 is 0 Å². The third-order valence-electron chi connectivity index (χ3n) is 7.07. The number of anilines is 2. The van der Waals surface area contributed by atoms with E-state index < -0.39 is 6.43 Å². The highest BCUT2D eigenvalue weighted by Gasteiger charge is 2.47. The van der Waals surface area contributed by atoms with E-state index in [1.165, 1.54) is 24.3 Å². The number of hydrogen-bond donors (Lipinski definition) is 1. The number of halogens is 2. The number of carbonyl (C=O) groups excluding carboxylic acids is 2. The summed E-state index contributed by atoms with van der Waals surface area (Å²) in [5.74, 6) is 0. The molecule has 1 spiro atoms. The molecule has 6 nitrogen and oxygen atoms in total. The molecule has 2 aliphatic heterocycles. The standard InChI is InChI=1S/C28H27F2N3O3/c29-25(30)21-10-12-22(13-11-21)31-26(34)33-19-28(23-8-4-5-9-24(23)33)14-16-32(17-15-28)27(35)36-18-20-6-2-1-3-7-20/h1-13,25H,14-19H2,(H,31,34). The topological polar surface area (TPSA) is 61.9 Å². The van der Waals surface area contributed by atoms with Gasteiger partial charge in [0, 0.05) is 42.0 Å². The number of piperidine rings is 1. The van der Waals surface area contributed by atoms with Crippen molar-refractivity contribution in [1.82, 2.24) is 4.90 Å². The van der Waals surface area contributed by atoms with Crippen molar-refractivity contribution < 1.29 is 23.1 Å². The van der Waals surface area contributed by atoms with Gasteiger partial charge in [-0.3, -0.25) is 4.90 Å². The summed E-state index contributed by atoms with van der Waals surface area (Å²) in [6, 6.07) is 22.7. The second-order valence-corrected chi connectivity index (χ2v) is 9.26. The molecule has 1 N–H and O–H groups in total. The molecule has 0 saturated carbocycles. The Balaban J connectivity index is 1.24. The monoisotopic (exact) mass is 491 g/mol. The molecule has 0 aliphatic carbocycles. The number of fused-ring (bicyclic) bond motifs is 2. The van der Waals surface area contributed by atoms with Crippen LogP contribution in [0.5, 0.6) is 0 Å². The van der Waals surface area contributed by atoms with Crippen molar-refractivity contribution >= 4 is 23.5 Å². The Labute approximate surface area is 208 Å². The van der Waals surface area contributed by atoms with Crippen molar-refractivity contribution in [2.24, 2.45) is 0 Å². The van der Waals surface area contributed by atoms with Gasteiger partial charge in [-0.2, -0.15) is 0 Å². The quantitative estimate of drug-likeness (QED) is 0.463. The maximum Gasteiger partial charge on any atom is 0.410 e. The highest BCUT2D eigenvalue weighted by Crippen LogP contribution is 2.47. The lowest BCUT2D eigenvalue weighted by molar-refractivity contribution is 0.0790. The summed E-state index contributed by atoms with van der Waals surface area (Å²) in [4.78, 5) is 29.3. The minimum absolute atomic E-state index is 0.0903. The number of ether oxygens (including phenoxy) is 1. The van der Waals surface area contributed by atoms with Crippen molar-refractivity contribution in [3.05, 3.63) is 95.6 Å². The second kappa shape index (κ2) is 9.97. The van der Waals surface area contributed by atoms with Crippen LogP contribution in [0.2, 0.25) is 0 Å². The second-order valence-electron chi connectivity index (χ2n) is 9.26. The van der Waals surface area contributed by atoms with Gasteiger partial charge in [0.1, 0.15) is 6.61 Å². The Hall–Kier alpha value is -3.94. The molecule has 8 heteroatoms. The van der Waals surface area contributed by atoms with Crippen molar-refractivity contribution in [1.29, 1.82) is 0 Å². The van der Waals surface area contributed by atoms with E-state index in [0.717, 1.165) is 16.8 Å². The van der Waals surface area contributed by atoms with E-state index in [1.54, 1.807) is 9.80 Å². The Kier molecular flexibility index (Phi) is 6.59. The number of hydrogen-bond acceptors (Lipinski definition) is 3. The summed E-state index contributed by atoms with van der Waals surface area (Å²) in [6.45, 7) is 1.79. The number of benzene rings is 3. The number of para-hydroxylation sites is 1. The largest absolute Gasteiger partial charge is 0.445 e. The van der Waals surface area contributed by atoms with Crippen LogP contribution in [0, 0.1) is 0 Å². The molecule has 0 bridgehead atoms. The average Bonchev–Trinajstić information content (AvgIpc) is 3.23. The molecule has 2 aliphatic rings. The van der Waals surface area contributed by atoms with E-state index in [1.807, 2.05) is 54.6 Å². The molecule has 3 aromatic carbocycles. The van der Waals surface area contributed by atoms with E-state index in [-0.39, 0.29) is 29.7 Å². The van der Waals surface area contributed by atoms with Crippen LogP contribution in [0.3, 0.4) is 0 Å². The summed E-state index contributed by atoms with van der Waals surface area (Å²) >= 11 is 0. The number of alkyl halides is 2. The average molecular weight is 492 g/mol. The number of rotatable bonds is 4. The molecular weight excluding hydrogens is 464 g/mol. The fourth-order valence-electron chi connectivity index (χ4n) is 5.07. The van der Waals surface area contributed by atoms with Crippen LogP contribution in [0.4, 0.5) is 29.7 Å². The summed E-state index contributed by atoms with van der Waals surface area (Å²) in [5.41, 5.74) is 2.97. The van der Waals surface area contributed by atoms with Crippen LogP contribution < -0.4 is 10.2 Å². The van der Waals surface area contributed by atoms with E-state index in [0.29, 0.717) is 38.2 Å². The minimum Gasteiger partial charge on any atom is -0.445 e.